The van der Waals surface area contributed by atoms with E-state index in [2.05, 4.69) is 59.4 Å². The van der Waals surface area contributed by atoms with E-state index in [4.69, 9.17) is 0 Å². The molecule has 6 nitrogen and oxygen atoms in total. The second kappa shape index (κ2) is 11.7. The highest BCUT2D eigenvalue weighted by molar-refractivity contribution is 6.11. The number of benzene rings is 2. The van der Waals surface area contributed by atoms with Crippen LogP contribution in [0.25, 0.3) is 10.9 Å². The third kappa shape index (κ3) is 5.51. The van der Waals surface area contributed by atoms with Crippen LogP contribution in [0.5, 0.6) is 0 Å². The van der Waals surface area contributed by atoms with E-state index in [1.807, 2.05) is 18.3 Å². The van der Waals surface area contributed by atoms with Crippen LogP contribution >= 0.6 is 0 Å². The fourth-order valence-electron chi connectivity index (χ4n) is 6.54. The van der Waals surface area contributed by atoms with Gasteiger partial charge in [0, 0.05) is 35.8 Å². The first kappa shape index (κ1) is 26.5. The number of hydrogen-bond donors (Lipinski definition) is 3. The molecule has 202 valence electrons. The number of nitrogens with one attached hydrogen (secondary N) is 2. The molecule has 6 heteroatoms. The molecule has 0 unspecified atom stereocenters. The summed E-state index contributed by atoms with van der Waals surface area (Å²) >= 11 is 0. The molecule has 5 rings (SSSR count). The number of Topliss-reactive ketones (excluding diaryl/α,β-unsaturated/α-hetero) is 1. The van der Waals surface area contributed by atoms with Gasteiger partial charge in [0.05, 0.1) is 18.2 Å². The molecule has 2 aromatic carbocycles. The molecule has 1 aromatic heterocycles. The van der Waals surface area contributed by atoms with Crippen LogP contribution < -0.4 is 10.2 Å². The Labute approximate surface area is 225 Å². The van der Waals surface area contributed by atoms with E-state index in [1.165, 1.54) is 18.4 Å². The average Bonchev–Trinajstić information content (AvgIpc) is 3.58. The van der Waals surface area contributed by atoms with Gasteiger partial charge in [0.15, 0.2) is 5.78 Å². The molecule has 1 aliphatic heterocycles. The number of aryl methyl sites for hydroxylation is 1. The number of carbonyl (C=O) groups is 2. The van der Waals surface area contributed by atoms with E-state index in [0.29, 0.717) is 25.3 Å². The number of aliphatic hydroxyl groups is 1. The van der Waals surface area contributed by atoms with Crippen LogP contribution in [0.3, 0.4) is 0 Å². The number of hydrogen-bond acceptors (Lipinski definition) is 4. The summed E-state index contributed by atoms with van der Waals surface area (Å²) in [4.78, 5) is 32.8. The molecule has 0 saturated heterocycles. The molecule has 1 amide bonds. The Morgan fingerprint density at radius 1 is 1.11 bits per heavy atom. The number of aliphatic hydroxyl groups excluding tert-OH is 1. The minimum Gasteiger partial charge on any atom is -0.394 e. The Morgan fingerprint density at radius 3 is 2.58 bits per heavy atom. The summed E-state index contributed by atoms with van der Waals surface area (Å²) in [5.41, 5.74) is 4.91. The predicted octanol–water partition coefficient (Wildman–Crippen LogP) is 5.43. The molecular formula is C32H41N3O3. The number of ketones is 1. The van der Waals surface area contributed by atoms with E-state index in [9.17, 15) is 14.7 Å². The summed E-state index contributed by atoms with van der Waals surface area (Å²) in [6.07, 6.45) is 9.61. The van der Waals surface area contributed by atoms with Crippen molar-refractivity contribution >= 4 is 28.3 Å². The van der Waals surface area contributed by atoms with Gasteiger partial charge in [-0.3, -0.25) is 9.59 Å². The van der Waals surface area contributed by atoms with Gasteiger partial charge in [-0.15, -0.1) is 0 Å². The van der Waals surface area contributed by atoms with Gasteiger partial charge in [0.25, 0.3) is 0 Å². The lowest BCUT2D eigenvalue weighted by Crippen LogP contribution is -2.53. The Balaban J connectivity index is 1.56. The Hall–Kier alpha value is -3.12. The van der Waals surface area contributed by atoms with Gasteiger partial charge in [0.2, 0.25) is 5.91 Å². The summed E-state index contributed by atoms with van der Waals surface area (Å²) in [7, 11) is 0. The molecule has 2 atom stereocenters. The summed E-state index contributed by atoms with van der Waals surface area (Å²) in [5.74, 6) is 0.683. The van der Waals surface area contributed by atoms with Crippen molar-refractivity contribution < 1.29 is 14.7 Å². The van der Waals surface area contributed by atoms with Crippen molar-refractivity contribution in [3.05, 3.63) is 65.4 Å². The zero-order valence-corrected chi connectivity index (χ0v) is 22.7. The van der Waals surface area contributed by atoms with Gasteiger partial charge in [-0.25, -0.2) is 0 Å². The number of anilines is 1. The fourth-order valence-corrected chi connectivity index (χ4v) is 6.54. The lowest BCUT2D eigenvalue weighted by Gasteiger charge is -2.36. The number of rotatable bonds is 9. The molecule has 0 spiro atoms. The Morgan fingerprint density at radius 2 is 1.87 bits per heavy atom. The van der Waals surface area contributed by atoms with Gasteiger partial charge in [-0.1, -0.05) is 69.9 Å². The van der Waals surface area contributed by atoms with Gasteiger partial charge >= 0.3 is 0 Å². The van der Waals surface area contributed by atoms with Gasteiger partial charge in [0.1, 0.15) is 6.04 Å². The highest BCUT2D eigenvalue weighted by Crippen LogP contribution is 2.37. The molecule has 2 heterocycles. The number of aromatic nitrogens is 1. The van der Waals surface area contributed by atoms with Crippen molar-refractivity contribution in [2.45, 2.75) is 77.3 Å². The van der Waals surface area contributed by atoms with Crippen LogP contribution in [-0.2, 0) is 17.6 Å². The minimum absolute atomic E-state index is 0.0533. The Kier molecular flexibility index (Phi) is 8.18. The maximum absolute atomic E-state index is 13.6. The van der Waals surface area contributed by atoms with Crippen molar-refractivity contribution in [3.63, 3.8) is 0 Å². The summed E-state index contributed by atoms with van der Waals surface area (Å²) in [5, 5.41) is 14.3. The van der Waals surface area contributed by atoms with E-state index in [0.717, 1.165) is 53.4 Å². The zero-order valence-electron chi connectivity index (χ0n) is 22.7. The van der Waals surface area contributed by atoms with Crippen LogP contribution in [0.4, 0.5) is 5.69 Å². The lowest BCUT2D eigenvalue weighted by molar-refractivity contribution is -0.124. The van der Waals surface area contributed by atoms with Crippen molar-refractivity contribution in [1.29, 1.82) is 0 Å². The van der Waals surface area contributed by atoms with Crippen LogP contribution in [0.1, 0.15) is 73.9 Å². The monoisotopic (exact) mass is 515 g/mol. The highest BCUT2D eigenvalue weighted by atomic mass is 16.3. The molecular weight excluding hydrogens is 474 g/mol. The fraction of sp³-hybridized carbons (Fsp3) is 0.500. The summed E-state index contributed by atoms with van der Waals surface area (Å²) in [6, 6.07) is 13.7. The first-order valence-corrected chi connectivity index (χ1v) is 14.3. The van der Waals surface area contributed by atoms with Gasteiger partial charge < -0.3 is 20.3 Å². The molecule has 1 saturated carbocycles. The summed E-state index contributed by atoms with van der Waals surface area (Å²) in [6.45, 7) is 4.74. The van der Waals surface area contributed by atoms with Crippen molar-refractivity contribution in [3.8, 4) is 0 Å². The van der Waals surface area contributed by atoms with Crippen molar-refractivity contribution in [2.24, 2.45) is 11.8 Å². The standard InChI is InChI=1S/C32H41N3O3/c1-21(2)31-32(38)34-25(20-36)18-24-19-33-30-26(28(37)17-23-11-6-7-12-23)14-15-27(29(24)30)35(31)16-8-13-22-9-4-3-5-10-22/h3-5,9-10,14-15,19,21,23,25,31,33,36H,6-8,11-13,16-18,20H2,1-2H3,(H,34,38)/t25-,31-/m0/s1. The first-order chi connectivity index (χ1) is 18.5. The molecule has 0 radical (unpaired) electrons. The molecule has 0 bridgehead atoms. The topological polar surface area (TPSA) is 85.4 Å². The number of H-pyrrole nitrogens is 1. The van der Waals surface area contributed by atoms with Crippen molar-refractivity contribution in [2.75, 3.05) is 18.1 Å². The Bertz CT molecular complexity index is 1260. The third-order valence-electron chi connectivity index (χ3n) is 8.43. The highest BCUT2D eigenvalue weighted by Gasteiger charge is 2.34. The normalized spacial score (nSPS) is 20.4. The summed E-state index contributed by atoms with van der Waals surface area (Å²) < 4.78 is 0. The van der Waals surface area contributed by atoms with Gasteiger partial charge in [-0.05, 0) is 54.4 Å². The van der Waals surface area contributed by atoms with Gasteiger partial charge in [-0.2, -0.15) is 0 Å². The van der Waals surface area contributed by atoms with E-state index >= 15 is 0 Å². The molecule has 2 aliphatic rings. The average molecular weight is 516 g/mol. The molecule has 1 aliphatic carbocycles. The molecule has 1 fully saturated rings. The van der Waals surface area contributed by atoms with E-state index in [-0.39, 0.29) is 36.3 Å². The number of nitrogens with zero attached hydrogens (tertiary/aromatic N) is 1. The first-order valence-electron chi connectivity index (χ1n) is 14.3. The maximum atomic E-state index is 13.6. The lowest BCUT2D eigenvalue weighted by atomic mass is 9.93. The quantitative estimate of drug-likeness (QED) is 0.332. The predicted molar refractivity (Wildman–Crippen MR) is 153 cm³/mol. The van der Waals surface area contributed by atoms with Crippen LogP contribution in [0, 0.1) is 11.8 Å². The second-order valence-corrected chi connectivity index (χ2v) is 11.5. The molecule has 38 heavy (non-hydrogen) atoms. The number of amides is 1. The molecule has 3 aromatic rings. The zero-order chi connectivity index (χ0) is 26.6. The second-order valence-electron chi connectivity index (χ2n) is 11.5. The number of carbonyl (C=O) groups excluding carboxylic acids is 2. The van der Waals surface area contributed by atoms with E-state index in [1.54, 1.807) is 0 Å². The smallest absolute Gasteiger partial charge is 0.243 e. The van der Waals surface area contributed by atoms with Crippen LogP contribution in [0.15, 0.2) is 48.7 Å². The largest absolute Gasteiger partial charge is 0.394 e. The van der Waals surface area contributed by atoms with Crippen molar-refractivity contribution in [1.82, 2.24) is 10.3 Å². The minimum atomic E-state index is -0.385. The SMILES string of the molecule is CC(C)[C@H]1C(=O)N[C@H](CO)Cc2c[nH]c3c(C(=O)CC4CCCC4)ccc(c23)N1CCCc1ccccc1. The molecule has 3 N–H and O–H groups in total. The van der Waals surface area contributed by atoms with Crippen LogP contribution in [0.2, 0.25) is 0 Å². The maximum Gasteiger partial charge on any atom is 0.243 e. The number of aromatic amines is 1. The van der Waals surface area contributed by atoms with Crippen LogP contribution in [-0.4, -0.2) is 47.0 Å². The third-order valence-corrected chi connectivity index (χ3v) is 8.43. The van der Waals surface area contributed by atoms with E-state index < -0.39 is 0 Å².